The van der Waals surface area contributed by atoms with Crippen molar-refractivity contribution in [3.05, 3.63) is 64.7 Å². The Morgan fingerprint density at radius 2 is 1.47 bits per heavy atom. The van der Waals surface area contributed by atoms with Gasteiger partial charge in [-0.2, -0.15) is 0 Å². The molecule has 0 atom stereocenters. The summed E-state index contributed by atoms with van der Waals surface area (Å²) < 4.78 is 0. The summed E-state index contributed by atoms with van der Waals surface area (Å²) in [6.45, 7) is 6.43. The minimum Gasteiger partial charge on any atom is -0.363 e. The van der Waals surface area contributed by atoms with Crippen molar-refractivity contribution in [2.24, 2.45) is 0 Å². The lowest BCUT2D eigenvalue weighted by molar-refractivity contribution is 0.879. The molecule has 0 spiro atoms. The van der Waals surface area contributed by atoms with E-state index in [0.717, 1.165) is 13.1 Å². The fourth-order valence-corrected chi connectivity index (χ4v) is 2.44. The second-order valence-corrected chi connectivity index (χ2v) is 4.89. The van der Waals surface area contributed by atoms with Crippen LogP contribution in [0.1, 0.15) is 22.3 Å². The Hall–Kier alpha value is -1.76. The van der Waals surface area contributed by atoms with Crippen LogP contribution in [0.25, 0.3) is 0 Å². The van der Waals surface area contributed by atoms with Gasteiger partial charge in [0, 0.05) is 18.8 Å². The SMILES string of the molecule is Cc1ccc(N2Cc3ccccc3C2)cc1C. The van der Waals surface area contributed by atoms with Crippen LogP contribution in [0.4, 0.5) is 5.69 Å². The molecule has 0 bridgehead atoms. The fraction of sp³-hybridized carbons (Fsp3) is 0.250. The summed E-state index contributed by atoms with van der Waals surface area (Å²) in [7, 11) is 0. The minimum absolute atomic E-state index is 1.04. The van der Waals surface area contributed by atoms with Crippen LogP contribution >= 0.6 is 0 Å². The van der Waals surface area contributed by atoms with Crippen LogP contribution in [0.2, 0.25) is 0 Å². The van der Waals surface area contributed by atoms with Crippen LogP contribution in [-0.4, -0.2) is 0 Å². The van der Waals surface area contributed by atoms with Gasteiger partial charge in [-0.1, -0.05) is 30.3 Å². The summed E-state index contributed by atoms with van der Waals surface area (Å²) in [4.78, 5) is 2.44. The van der Waals surface area contributed by atoms with Crippen LogP contribution in [0, 0.1) is 13.8 Å². The summed E-state index contributed by atoms with van der Waals surface area (Å²) in [5, 5.41) is 0. The predicted molar refractivity (Wildman–Crippen MR) is 72.2 cm³/mol. The Morgan fingerprint density at radius 3 is 2.06 bits per heavy atom. The lowest BCUT2D eigenvalue weighted by atomic mass is 10.1. The Balaban J connectivity index is 1.91. The molecule has 1 aliphatic rings. The highest BCUT2D eigenvalue weighted by atomic mass is 15.1. The maximum absolute atomic E-state index is 2.44. The molecule has 17 heavy (non-hydrogen) atoms. The molecule has 0 amide bonds. The van der Waals surface area contributed by atoms with E-state index in [2.05, 4.69) is 61.2 Å². The molecule has 0 saturated heterocycles. The van der Waals surface area contributed by atoms with E-state index in [1.165, 1.54) is 27.9 Å². The van der Waals surface area contributed by atoms with E-state index in [4.69, 9.17) is 0 Å². The molecule has 2 aromatic rings. The predicted octanol–water partition coefficient (Wildman–Crippen LogP) is 3.82. The molecule has 86 valence electrons. The van der Waals surface area contributed by atoms with Gasteiger partial charge in [-0.05, 0) is 48.2 Å². The van der Waals surface area contributed by atoms with Gasteiger partial charge in [-0.25, -0.2) is 0 Å². The van der Waals surface area contributed by atoms with E-state index < -0.39 is 0 Å². The highest BCUT2D eigenvalue weighted by Crippen LogP contribution is 2.29. The lowest BCUT2D eigenvalue weighted by Crippen LogP contribution is -2.14. The average Bonchev–Trinajstić information content (AvgIpc) is 2.76. The van der Waals surface area contributed by atoms with Crippen molar-refractivity contribution < 1.29 is 0 Å². The van der Waals surface area contributed by atoms with Gasteiger partial charge >= 0.3 is 0 Å². The first-order chi connectivity index (χ1) is 8.24. The lowest BCUT2D eigenvalue weighted by Gasteiger charge is -2.18. The topological polar surface area (TPSA) is 3.24 Å². The van der Waals surface area contributed by atoms with Crippen molar-refractivity contribution in [2.45, 2.75) is 26.9 Å². The van der Waals surface area contributed by atoms with Crippen molar-refractivity contribution >= 4 is 5.69 Å². The van der Waals surface area contributed by atoms with Gasteiger partial charge in [0.05, 0.1) is 0 Å². The van der Waals surface area contributed by atoms with E-state index in [0.29, 0.717) is 0 Å². The number of aryl methyl sites for hydroxylation is 2. The Morgan fingerprint density at radius 1 is 0.824 bits per heavy atom. The van der Waals surface area contributed by atoms with Gasteiger partial charge in [0.2, 0.25) is 0 Å². The van der Waals surface area contributed by atoms with E-state index >= 15 is 0 Å². The molecule has 0 N–H and O–H groups in total. The smallest absolute Gasteiger partial charge is 0.0436 e. The molecule has 2 aromatic carbocycles. The summed E-state index contributed by atoms with van der Waals surface area (Å²) in [5.41, 5.74) is 7.00. The molecule has 1 aliphatic heterocycles. The van der Waals surface area contributed by atoms with Crippen LogP contribution in [0.3, 0.4) is 0 Å². The van der Waals surface area contributed by atoms with Gasteiger partial charge in [-0.15, -0.1) is 0 Å². The van der Waals surface area contributed by atoms with Gasteiger partial charge in [0.25, 0.3) is 0 Å². The quantitative estimate of drug-likeness (QED) is 0.710. The number of rotatable bonds is 1. The van der Waals surface area contributed by atoms with Crippen molar-refractivity contribution in [2.75, 3.05) is 4.90 Å². The van der Waals surface area contributed by atoms with Crippen LogP contribution in [-0.2, 0) is 13.1 Å². The number of benzene rings is 2. The number of hydrogen-bond acceptors (Lipinski definition) is 1. The Labute approximate surface area is 103 Å². The molecule has 1 nitrogen and oxygen atoms in total. The largest absolute Gasteiger partial charge is 0.363 e. The average molecular weight is 223 g/mol. The van der Waals surface area contributed by atoms with Gasteiger partial charge in [0.15, 0.2) is 0 Å². The van der Waals surface area contributed by atoms with E-state index in [1.807, 2.05) is 0 Å². The van der Waals surface area contributed by atoms with Crippen LogP contribution in [0.5, 0.6) is 0 Å². The summed E-state index contributed by atoms with van der Waals surface area (Å²) in [6.07, 6.45) is 0. The van der Waals surface area contributed by atoms with Gasteiger partial charge in [-0.3, -0.25) is 0 Å². The molecular formula is C16H17N. The first-order valence-corrected chi connectivity index (χ1v) is 6.13. The molecule has 0 radical (unpaired) electrons. The molecule has 0 saturated carbocycles. The van der Waals surface area contributed by atoms with E-state index in [-0.39, 0.29) is 0 Å². The third-order valence-corrected chi connectivity index (χ3v) is 3.70. The molecular weight excluding hydrogens is 206 g/mol. The second kappa shape index (κ2) is 3.92. The molecule has 3 rings (SSSR count). The van der Waals surface area contributed by atoms with Crippen LogP contribution in [0.15, 0.2) is 42.5 Å². The molecule has 0 aliphatic carbocycles. The maximum Gasteiger partial charge on any atom is 0.0436 e. The number of fused-ring (bicyclic) bond motifs is 1. The van der Waals surface area contributed by atoms with Crippen LogP contribution < -0.4 is 4.90 Å². The van der Waals surface area contributed by atoms with E-state index in [1.54, 1.807) is 0 Å². The number of hydrogen-bond donors (Lipinski definition) is 0. The summed E-state index contributed by atoms with van der Waals surface area (Å²) >= 11 is 0. The van der Waals surface area contributed by atoms with Crippen molar-refractivity contribution in [3.63, 3.8) is 0 Å². The Kier molecular flexibility index (Phi) is 2.40. The zero-order valence-electron chi connectivity index (χ0n) is 10.4. The second-order valence-electron chi connectivity index (χ2n) is 4.89. The van der Waals surface area contributed by atoms with E-state index in [9.17, 15) is 0 Å². The number of anilines is 1. The van der Waals surface area contributed by atoms with Crippen molar-refractivity contribution in [3.8, 4) is 0 Å². The minimum atomic E-state index is 1.04. The molecule has 1 heteroatoms. The zero-order chi connectivity index (χ0) is 11.8. The highest BCUT2D eigenvalue weighted by Gasteiger charge is 2.18. The van der Waals surface area contributed by atoms with Crippen molar-refractivity contribution in [1.82, 2.24) is 0 Å². The maximum atomic E-state index is 2.44. The standard InChI is InChI=1S/C16H17N/c1-12-7-8-16(9-13(12)2)17-10-14-5-3-4-6-15(14)11-17/h3-9H,10-11H2,1-2H3. The summed E-state index contributed by atoms with van der Waals surface area (Å²) in [6, 6.07) is 15.5. The first-order valence-electron chi connectivity index (χ1n) is 6.13. The molecule has 0 fully saturated rings. The van der Waals surface area contributed by atoms with Gasteiger partial charge < -0.3 is 4.90 Å². The zero-order valence-corrected chi connectivity index (χ0v) is 10.4. The normalized spacial score (nSPS) is 13.9. The highest BCUT2D eigenvalue weighted by molar-refractivity contribution is 5.54. The third-order valence-electron chi connectivity index (χ3n) is 3.70. The van der Waals surface area contributed by atoms with Crippen molar-refractivity contribution in [1.29, 1.82) is 0 Å². The molecule has 1 heterocycles. The number of nitrogens with zero attached hydrogens (tertiary/aromatic N) is 1. The Bertz CT molecular complexity index is 532. The molecule has 0 unspecified atom stereocenters. The van der Waals surface area contributed by atoms with Gasteiger partial charge in [0.1, 0.15) is 0 Å². The fourth-order valence-electron chi connectivity index (χ4n) is 2.44. The monoisotopic (exact) mass is 223 g/mol. The third kappa shape index (κ3) is 1.82. The first kappa shape index (κ1) is 10.4. The molecule has 0 aromatic heterocycles. The summed E-state index contributed by atoms with van der Waals surface area (Å²) in [5.74, 6) is 0.